The average Bonchev–Trinajstić information content (AvgIpc) is 2.93. The minimum Gasteiger partial charge on any atom is -0.361 e. The Labute approximate surface area is 152 Å². The minimum absolute atomic E-state index is 0.299. The maximum Gasteiger partial charge on any atom is 0.191 e. The second kappa shape index (κ2) is 9.80. The molecule has 1 fully saturated rings. The molecule has 2 heterocycles. The highest BCUT2D eigenvalue weighted by atomic mass is 16.5. The molecule has 6 nitrogen and oxygen atoms in total. The topological polar surface area (TPSA) is 65.7 Å². The first-order chi connectivity index (χ1) is 12.0. The minimum atomic E-state index is 0.299. The Balaban J connectivity index is 1.90. The fourth-order valence-electron chi connectivity index (χ4n) is 3.64. The average molecular weight is 350 g/mol. The second-order valence-corrected chi connectivity index (χ2v) is 7.12. The van der Waals surface area contributed by atoms with Crippen LogP contribution >= 0.6 is 0 Å². The number of aromatic nitrogens is 1. The van der Waals surface area contributed by atoms with Gasteiger partial charge in [-0.3, -0.25) is 4.99 Å². The van der Waals surface area contributed by atoms with Crippen molar-refractivity contribution < 1.29 is 4.52 Å². The quantitative estimate of drug-likeness (QED) is 0.585. The van der Waals surface area contributed by atoms with Crippen molar-refractivity contribution in [2.45, 2.75) is 65.8 Å². The highest BCUT2D eigenvalue weighted by molar-refractivity contribution is 5.80. The van der Waals surface area contributed by atoms with Crippen LogP contribution in [0.15, 0.2) is 9.52 Å². The van der Waals surface area contributed by atoms with E-state index in [0.717, 1.165) is 30.5 Å². The van der Waals surface area contributed by atoms with Gasteiger partial charge in [-0.2, -0.15) is 0 Å². The van der Waals surface area contributed by atoms with Crippen LogP contribution in [0.25, 0.3) is 0 Å². The monoisotopic (exact) mass is 349 g/mol. The number of aryl methyl sites for hydroxylation is 2. The largest absolute Gasteiger partial charge is 0.361 e. The van der Waals surface area contributed by atoms with Crippen molar-refractivity contribution >= 4 is 5.96 Å². The van der Waals surface area contributed by atoms with E-state index < -0.39 is 0 Å². The maximum absolute atomic E-state index is 5.29. The Morgan fingerprint density at radius 2 is 2.04 bits per heavy atom. The third kappa shape index (κ3) is 5.73. The number of nitrogens with zero attached hydrogens (tertiary/aromatic N) is 3. The van der Waals surface area contributed by atoms with Crippen LogP contribution in [0.3, 0.4) is 0 Å². The summed E-state index contributed by atoms with van der Waals surface area (Å²) in [4.78, 5) is 7.37. The normalized spacial score (nSPS) is 18.4. The Morgan fingerprint density at radius 1 is 1.32 bits per heavy atom. The van der Waals surface area contributed by atoms with Gasteiger partial charge in [-0.05, 0) is 46.6 Å². The summed E-state index contributed by atoms with van der Waals surface area (Å²) in [6.45, 7) is 15.7. The zero-order valence-electron chi connectivity index (χ0n) is 16.6. The lowest BCUT2D eigenvalue weighted by molar-refractivity contribution is 0.206. The van der Waals surface area contributed by atoms with Gasteiger partial charge in [0.05, 0.1) is 5.69 Å². The molecule has 0 bridgehead atoms. The van der Waals surface area contributed by atoms with Crippen molar-refractivity contribution in [3.05, 3.63) is 17.0 Å². The number of hydrogen-bond acceptors (Lipinski definition) is 4. The standard InChI is InChI=1S/C19H35N5O/c1-6-10-24-11-8-17(9-12-24)22-19(20-7-2)21-13-14(3)18-15(4)23-25-16(18)5/h14,17H,6-13H2,1-5H3,(H2,20,21,22). The van der Waals surface area contributed by atoms with Crippen molar-refractivity contribution in [2.24, 2.45) is 4.99 Å². The lowest BCUT2D eigenvalue weighted by atomic mass is 10.00. The lowest BCUT2D eigenvalue weighted by Crippen LogP contribution is -2.48. The summed E-state index contributed by atoms with van der Waals surface area (Å²) < 4.78 is 5.29. The van der Waals surface area contributed by atoms with Gasteiger partial charge in [0, 0.05) is 43.7 Å². The van der Waals surface area contributed by atoms with E-state index in [9.17, 15) is 0 Å². The Kier molecular flexibility index (Phi) is 7.75. The van der Waals surface area contributed by atoms with Gasteiger partial charge >= 0.3 is 0 Å². The van der Waals surface area contributed by atoms with E-state index in [1.54, 1.807) is 0 Å². The van der Waals surface area contributed by atoms with E-state index in [0.29, 0.717) is 12.0 Å². The Morgan fingerprint density at radius 3 is 2.60 bits per heavy atom. The molecule has 2 N–H and O–H groups in total. The first-order valence-electron chi connectivity index (χ1n) is 9.75. The van der Waals surface area contributed by atoms with E-state index in [2.05, 4.69) is 41.5 Å². The predicted octanol–water partition coefficient (Wildman–Crippen LogP) is 2.82. The molecule has 0 spiro atoms. The van der Waals surface area contributed by atoms with E-state index in [4.69, 9.17) is 9.52 Å². The van der Waals surface area contributed by atoms with E-state index in [1.165, 1.54) is 44.5 Å². The summed E-state index contributed by atoms with van der Waals surface area (Å²) in [7, 11) is 0. The maximum atomic E-state index is 5.29. The molecular formula is C19H35N5O. The molecule has 2 rings (SSSR count). The summed E-state index contributed by atoms with van der Waals surface area (Å²) >= 11 is 0. The zero-order valence-corrected chi connectivity index (χ0v) is 16.6. The van der Waals surface area contributed by atoms with Crippen LogP contribution in [0.1, 0.15) is 63.0 Å². The number of rotatable bonds is 7. The molecule has 6 heteroatoms. The molecule has 0 aromatic carbocycles. The van der Waals surface area contributed by atoms with Crippen molar-refractivity contribution in [3.63, 3.8) is 0 Å². The fourth-order valence-corrected chi connectivity index (χ4v) is 3.64. The molecule has 0 aliphatic carbocycles. The van der Waals surface area contributed by atoms with Gasteiger partial charge < -0.3 is 20.1 Å². The third-order valence-electron chi connectivity index (χ3n) is 4.92. The van der Waals surface area contributed by atoms with Crippen molar-refractivity contribution in [2.75, 3.05) is 32.7 Å². The highest BCUT2D eigenvalue weighted by Crippen LogP contribution is 2.23. The molecule has 1 saturated heterocycles. The molecule has 1 atom stereocenters. The molecule has 142 valence electrons. The van der Waals surface area contributed by atoms with E-state index in [-0.39, 0.29) is 0 Å². The molecule has 1 aromatic heterocycles. The Hall–Kier alpha value is -1.56. The van der Waals surface area contributed by atoms with Gasteiger partial charge in [-0.25, -0.2) is 0 Å². The summed E-state index contributed by atoms with van der Waals surface area (Å²) in [5, 5.41) is 11.1. The number of guanidine groups is 1. The molecule has 1 aliphatic heterocycles. The van der Waals surface area contributed by atoms with Gasteiger partial charge in [-0.15, -0.1) is 0 Å². The summed E-state index contributed by atoms with van der Waals surface area (Å²) in [5.74, 6) is 2.13. The molecule has 0 amide bonds. The number of aliphatic imine (C=N–C) groups is 1. The molecule has 0 radical (unpaired) electrons. The smallest absolute Gasteiger partial charge is 0.191 e. The second-order valence-electron chi connectivity index (χ2n) is 7.12. The van der Waals surface area contributed by atoms with Crippen LogP contribution in [0.4, 0.5) is 0 Å². The predicted molar refractivity (Wildman–Crippen MR) is 103 cm³/mol. The fraction of sp³-hybridized carbons (Fsp3) is 0.789. The van der Waals surface area contributed by atoms with Crippen LogP contribution in [0, 0.1) is 13.8 Å². The van der Waals surface area contributed by atoms with Crippen LogP contribution < -0.4 is 10.6 Å². The SMILES string of the molecule is CCCN1CCC(NC(=NCC(C)c2c(C)noc2C)NCC)CC1. The van der Waals surface area contributed by atoms with Crippen LogP contribution in [-0.2, 0) is 0 Å². The van der Waals surface area contributed by atoms with Crippen LogP contribution in [0.5, 0.6) is 0 Å². The van der Waals surface area contributed by atoms with Crippen LogP contribution in [0.2, 0.25) is 0 Å². The van der Waals surface area contributed by atoms with Crippen LogP contribution in [-0.4, -0.2) is 54.8 Å². The molecule has 1 unspecified atom stereocenters. The van der Waals surface area contributed by atoms with Gasteiger partial charge in [0.2, 0.25) is 0 Å². The summed E-state index contributed by atoms with van der Waals surface area (Å²) in [5.41, 5.74) is 2.16. The van der Waals surface area contributed by atoms with Crippen molar-refractivity contribution in [1.29, 1.82) is 0 Å². The van der Waals surface area contributed by atoms with Gasteiger partial charge in [-0.1, -0.05) is 19.0 Å². The van der Waals surface area contributed by atoms with Crippen molar-refractivity contribution in [3.8, 4) is 0 Å². The molecule has 1 aromatic rings. The third-order valence-corrected chi connectivity index (χ3v) is 4.92. The molecule has 0 saturated carbocycles. The summed E-state index contributed by atoms with van der Waals surface area (Å²) in [6, 6.07) is 0.514. The van der Waals surface area contributed by atoms with E-state index in [1.807, 2.05) is 13.8 Å². The lowest BCUT2D eigenvalue weighted by Gasteiger charge is -2.32. The number of piperidine rings is 1. The molecular weight excluding hydrogens is 314 g/mol. The van der Waals surface area contributed by atoms with Crippen molar-refractivity contribution in [1.82, 2.24) is 20.7 Å². The van der Waals surface area contributed by atoms with Gasteiger partial charge in [0.25, 0.3) is 0 Å². The number of likely N-dealkylation sites (tertiary alicyclic amines) is 1. The number of hydrogen-bond donors (Lipinski definition) is 2. The number of nitrogens with one attached hydrogen (secondary N) is 2. The van der Waals surface area contributed by atoms with Gasteiger partial charge in [0.1, 0.15) is 5.76 Å². The molecule has 25 heavy (non-hydrogen) atoms. The zero-order chi connectivity index (χ0) is 18.2. The van der Waals surface area contributed by atoms with E-state index >= 15 is 0 Å². The highest BCUT2D eigenvalue weighted by Gasteiger charge is 2.20. The first-order valence-corrected chi connectivity index (χ1v) is 9.75. The molecule has 1 aliphatic rings. The van der Waals surface area contributed by atoms with Gasteiger partial charge in [0.15, 0.2) is 5.96 Å². The summed E-state index contributed by atoms with van der Waals surface area (Å²) in [6.07, 6.45) is 3.61. The first kappa shape index (κ1) is 19.8. The Bertz CT molecular complexity index is 527.